The standard InChI is InChI=1S/C16H14ClNOS/c1-19-15-6-5-11(9-13(15)17)10-18-14-3-2-4-16-12(14)7-8-20-16/h2-9,18H,10H2,1H3. The molecule has 1 N–H and O–H groups in total. The van der Waals surface area contributed by atoms with E-state index in [9.17, 15) is 0 Å². The summed E-state index contributed by atoms with van der Waals surface area (Å²) >= 11 is 7.89. The Morgan fingerprint density at radius 2 is 2.10 bits per heavy atom. The zero-order chi connectivity index (χ0) is 13.9. The fraction of sp³-hybridized carbons (Fsp3) is 0.125. The Hall–Kier alpha value is -1.71. The Morgan fingerprint density at radius 3 is 2.90 bits per heavy atom. The van der Waals surface area contributed by atoms with Gasteiger partial charge in [0.15, 0.2) is 0 Å². The van der Waals surface area contributed by atoms with E-state index < -0.39 is 0 Å². The predicted octanol–water partition coefficient (Wildman–Crippen LogP) is 5.18. The van der Waals surface area contributed by atoms with E-state index in [1.54, 1.807) is 18.4 Å². The molecule has 0 saturated heterocycles. The molecule has 0 atom stereocenters. The highest BCUT2D eigenvalue weighted by atomic mass is 35.5. The van der Waals surface area contributed by atoms with E-state index in [4.69, 9.17) is 16.3 Å². The smallest absolute Gasteiger partial charge is 0.137 e. The molecule has 0 saturated carbocycles. The number of ether oxygens (including phenoxy) is 1. The van der Waals surface area contributed by atoms with Crippen molar-refractivity contribution >= 4 is 38.7 Å². The summed E-state index contributed by atoms with van der Waals surface area (Å²) < 4.78 is 6.45. The van der Waals surface area contributed by atoms with Crippen LogP contribution < -0.4 is 10.1 Å². The second-order valence-electron chi connectivity index (χ2n) is 4.46. The summed E-state index contributed by atoms with van der Waals surface area (Å²) in [4.78, 5) is 0. The molecule has 0 aliphatic heterocycles. The number of hydrogen-bond acceptors (Lipinski definition) is 3. The first-order chi connectivity index (χ1) is 9.78. The molecule has 0 bridgehead atoms. The van der Waals surface area contributed by atoms with Crippen LogP contribution in [0, 0.1) is 0 Å². The fourth-order valence-electron chi connectivity index (χ4n) is 2.17. The predicted molar refractivity (Wildman–Crippen MR) is 87.2 cm³/mol. The first kappa shape index (κ1) is 13.3. The second-order valence-corrected chi connectivity index (χ2v) is 5.82. The summed E-state index contributed by atoms with van der Waals surface area (Å²) in [5.41, 5.74) is 2.28. The molecular weight excluding hydrogens is 290 g/mol. The van der Waals surface area contributed by atoms with E-state index in [2.05, 4.69) is 35.0 Å². The van der Waals surface area contributed by atoms with Crippen LogP contribution in [-0.4, -0.2) is 7.11 Å². The Bertz CT molecular complexity index is 738. The molecule has 0 amide bonds. The third-order valence-electron chi connectivity index (χ3n) is 3.20. The summed E-state index contributed by atoms with van der Waals surface area (Å²) in [6.07, 6.45) is 0. The van der Waals surface area contributed by atoms with Gasteiger partial charge in [0.05, 0.1) is 12.1 Å². The van der Waals surface area contributed by atoms with Crippen molar-refractivity contribution < 1.29 is 4.74 Å². The number of rotatable bonds is 4. The van der Waals surface area contributed by atoms with E-state index in [-0.39, 0.29) is 0 Å². The van der Waals surface area contributed by atoms with Crippen LogP contribution in [0.3, 0.4) is 0 Å². The molecule has 2 aromatic carbocycles. The maximum Gasteiger partial charge on any atom is 0.137 e. The number of anilines is 1. The Labute approximate surface area is 127 Å². The number of fused-ring (bicyclic) bond motifs is 1. The summed E-state index contributed by atoms with van der Waals surface area (Å²) in [5.74, 6) is 0.704. The van der Waals surface area contributed by atoms with Gasteiger partial charge in [0, 0.05) is 22.3 Å². The molecule has 20 heavy (non-hydrogen) atoms. The molecule has 0 radical (unpaired) electrons. The minimum absolute atomic E-state index is 0.639. The van der Waals surface area contributed by atoms with Crippen LogP contribution in [0.1, 0.15) is 5.56 Å². The van der Waals surface area contributed by atoms with Crippen LogP contribution in [0.25, 0.3) is 10.1 Å². The molecule has 3 rings (SSSR count). The van der Waals surface area contributed by atoms with Gasteiger partial charge in [0.1, 0.15) is 5.75 Å². The summed E-state index contributed by atoms with van der Waals surface area (Å²) in [5, 5.41) is 7.47. The van der Waals surface area contributed by atoms with Crippen molar-refractivity contribution in [3.05, 3.63) is 58.4 Å². The van der Waals surface area contributed by atoms with Crippen molar-refractivity contribution in [1.29, 1.82) is 0 Å². The first-order valence-corrected chi connectivity index (χ1v) is 7.56. The number of nitrogens with one attached hydrogen (secondary N) is 1. The quantitative estimate of drug-likeness (QED) is 0.717. The molecule has 1 aromatic heterocycles. The topological polar surface area (TPSA) is 21.3 Å². The maximum atomic E-state index is 6.14. The molecule has 2 nitrogen and oxygen atoms in total. The third-order valence-corrected chi connectivity index (χ3v) is 4.37. The second kappa shape index (κ2) is 5.73. The van der Waals surface area contributed by atoms with Gasteiger partial charge in [-0.3, -0.25) is 0 Å². The highest BCUT2D eigenvalue weighted by Crippen LogP contribution is 2.29. The molecule has 0 spiro atoms. The molecule has 0 aliphatic carbocycles. The lowest BCUT2D eigenvalue weighted by atomic mass is 10.2. The number of benzene rings is 2. The number of methoxy groups -OCH3 is 1. The Kier molecular flexibility index (Phi) is 3.81. The largest absolute Gasteiger partial charge is 0.495 e. The SMILES string of the molecule is COc1ccc(CNc2cccc3sccc23)cc1Cl. The van der Waals surface area contributed by atoms with Crippen molar-refractivity contribution in [2.75, 3.05) is 12.4 Å². The maximum absolute atomic E-state index is 6.14. The average Bonchev–Trinajstić information content (AvgIpc) is 2.94. The molecule has 4 heteroatoms. The normalized spacial score (nSPS) is 10.7. The van der Waals surface area contributed by atoms with Crippen LogP contribution in [0.2, 0.25) is 5.02 Å². The van der Waals surface area contributed by atoms with Crippen LogP contribution in [0.5, 0.6) is 5.75 Å². The van der Waals surface area contributed by atoms with Gasteiger partial charge in [-0.1, -0.05) is 23.7 Å². The van der Waals surface area contributed by atoms with Gasteiger partial charge in [-0.2, -0.15) is 0 Å². The molecule has 102 valence electrons. The van der Waals surface area contributed by atoms with E-state index >= 15 is 0 Å². The van der Waals surface area contributed by atoms with Crippen molar-refractivity contribution in [2.45, 2.75) is 6.54 Å². The van der Waals surface area contributed by atoms with Crippen molar-refractivity contribution in [2.24, 2.45) is 0 Å². The van der Waals surface area contributed by atoms with Gasteiger partial charge < -0.3 is 10.1 Å². The molecule has 0 aliphatic rings. The monoisotopic (exact) mass is 303 g/mol. The van der Waals surface area contributed by atoms with Gasteiger partial charge in [-0.05, 0) is 41.3 Å². The van der Waals surface area contributed by atoms with Gasteiger partial charge >= 0.3 is 0 Å². The van der Waals surface area contributed by atoms with E-state index in [0.29, 0.717) is 10.8 Å². The van der Waals surface area contributed by atoms with E-state index in [1.165, 1.54) is 10.1 Å². The van der Waals surface area contributed by atoms with Crippen LogP contribution in [0.15, 0.2) is 47.8 Å². The zero-order valence-electron chi connectivity index (χ0n) is 11.0. The summed E-state index contributed by atoms with van der Waals surface area (Å²) in [6, 6.07) is 14.3. The number of thiophene rings is 1. The lowest BCUT2D eigenvalue weighted by molar-refractivity contribution is 0.415. The minimum atomic E-state index is 0.639. The van der Waals surface area contributed by atoms with Crippen LogP contribution in [-0.2, 0) is 6.54 Å². The van der Waals surface area contributed by atoms with Crippen LogP contribution in [0.4, 0.5) is 5.69 Å². The number of halogens is 1. The highest BCUT2D eigenvalue weighted by molar-refractivity contribution is 7.17. The first-order valence-electron chi connectivity index (χ1n) is 6.30. The molecule has 0 unspecified atom stereocenters. The van der Waals surface area contributed by atoms with E-state index in [0.717, 1.165) is 17.8 Å². The average molecular weight is 304 g/mol. The van der Waals surface area contributed by atoms with Crippen LogP contribution >= 0.6 is 22.9 Å². The lowest BCUT2D eigenvalue weighted by Crippen LogP contribution is -1.99. The molecule has 1 heterocycles. The lowest BCUT2D eigenvalue weighted by Gasteiger charge is -2.09. The minimum Gasteiger partial charge on any atom is -0.495 e. The number of hydrogen-bond donors (Lipinski definition) is 1. The Morgan fingerprint density at radius 1 is 1.20 bits per heavy atom. The zero-order valence-corrected chi connectivity index (χ0v) is 12.6. The van der Waals surface area contributed by atoms with Gasteiger partial charge in [-0.15, -0.1) is 11.3 Å². The van der Waals surface area contributed by atoms with Gasteiger partial charge in [0.25, 0.3) is 0 Å². The third kappa shape index (κ3) is 2.60. The molecular formula is C16H14ClNOS. The molecule has 3 aromatic rings. The summed E-state index contributed by atoms with van der Waals surface area (Å²) in [7, 11) is 1.62. The van der Waals surface area contributed by atoms with Crippen molar-refractivity contribution in [1.82, 2.24) is 0 Å². The van der Waals surface area contributed by atoms with Crippen molar-refractivity contribution in [3.8, 4) is 5.75 Å². The Balaban J connectivity index is 1.79. The van der Waals surface area contributed by atoms with Gasteiger partial charge in [-0.25, -0.2) is 0 Å². The van der Waals surface area contributed by atoms with Crippen molar-refractivity contribution in [3.63, 3.8) is 0 Å². The molecule has 0 fully saturated rings. The fourth-order valence-corrected chi connectivity index (χ4v) is 3.26. The van der Waals surface area contributed by atoms with Gasteiger partial charge in [0.2, 0.25) is 0 Å². The van der Waals surface area contributed by atoms with E-state index in [1.807, 2.05) is 18.2 Å². The highest BCUT2D eigenvalue weighted by Gasteiger charge is 2.04. The summed E-state index contributed by atoms with van der Waals surface area (Å²) in [6.45, 7) is 0.735.